The maximum atomic E-state index is 15.5. The molecule has 3 aliphatic carbocycles. The van der Waals surface area contributed by atoms with Crippen LogP contribution in [-0.2, 0) is 19.4 Å². The van der Waals surface area contributed by atoms with Crippen molar-refractivity contribution >= 4 is 27.5 Å². The molecular weight excluding hydrogens is 493 g/mol. The lowest BCUT2D eigenvalue weighted by molar-refractivity contribution is -0.139. The number of amidine groups is 1. The van der Waals surface area contributed by atoms with Gasteiger partial charge in [0.15, 0.2) is 9.84 Å². The fourth-order valence-electron chi connectivity index (χ4n) is 5.49. The summed E-state index contributed by atoms with van der Waals surface area (Å²) in [7, 11) is -3.35. The third-order valence-corrected chi connectivity index (χ3v) is 10.5. The van der Waals surface area contributed by atoms with Crippen molar-refractivity contribution in [3.63, 3.8) is 0 Å². The van der Waals surface area contributed by atoms with Crippen molar-refractivity contribution in [1.29, 1.82) is 0 Å². The Morgan fingerprint density at radius 1 is 1.03 bits per heavy atom. The minimum atomic E-state index is -3.35. The molecule has 2 heterocycles. The second-order valence-corrected chi connectivity index (χ2v) is 13.5. The molecule has 0 unspecified atom stereocenters. The molecule has 5 aliphatic rings. The number of aliphatic imine (C=N–C) groups is 1. The zero-order valence-electron chi connectivity index (χ0n) is 20.4. The van der Waals surface area contributed by atoms with E-state index >= 15 is 4.39 Å². The van der Waals surface area contributed by atoms with Crippen molar-refractivity contribution in [2.75, 3.05) is 19.6 Å². The van der Waals surface area contributed by atoms with Crippen molar-refractivity contribution in [1.82, 2.24) is 9.80 Å². The molecule has 1 spiro atoms. The average Bonchev–Trinajstić information content (AvgIpc) is 3.73. The van der Waals surface area contributed by atoms with Gasteiger partial charge in [-0.1, -0.05) is 18.2 Å². The number of hydrogen-bond donors (Lipinski definition) is 0. The molecule has 2 aromatic carbocycles. The number of hydrogen-bond acceptors (Lipinski definition) is 5. The third-order valence-electron chi connectivity index (χ3n) is 8.25. The number of likely N-dealkylation sites (tertiary alicyclic amines) is 1. The molecule has 4 fully saturated rings. The summed E-state index contributed by atoms with van der Waals surface area (Å²) in [5.74, 6) is 0.348. The number of halogens is 1. The summed E-state index contributed by atoms with van der Waals surface area (Å²) in [6.07, 6.45) is 4.66. The fraction of sp³-hybridized carbons (Fsp3) is 0.464. The van der Waals surface area contributed by atoms with Crippen LogP contribution < -0.4 is 0 Å². The molecule has 7 rings (SSSR count). The highest BCUT2D eigenvalue weighted by atomic mass is 32.2. The molecule has 9 heteroatoms. The van der Waals surface area contributed by atoms with Crippen LogP contribution in [0.3, 0.4) is 0 Å². The van der Waals surface area contributed by atoms with Crippen LogP contribution in [-0.4, -0.2) is 66.3 Å². The first-order valence-electron chi connectivity index (χ1n) is 13.1. The van der Waals surface area contributed by atoms with E-state index in [4.69, 9.17) is 4.99 Å². The van der Waals surface area contributed by atoms with Crippen molar-refractivity contribution in [2.24, 2.45) is 16.8 Å². The number of carbonyl (C=O) groups excluding carboxylic acids is 2. The van der Waals surface area contributed by atoms with Gasteiger partial charge in [-0.2, -0.15) is 0 Å². The van der Waals surface area contributed by atoms with Gasteiger partial charge >= 0.3 is 0 Å². The number of nitrogens with zero attached hydrogens (tertiary/aromatic N) is 3. The second-order valence-electron chi connectivity index (χ2n) is 11.2. The summed E-state index contributed by atoms with van der Waals surface area (Å²) < 4.78 is 40.9. The Morgan fingerprint density at radius 3 is 2.41 bits per heavy atom. The topological polar surface area (TPSA) is 87.1 Å². The Hall–Kier alpha value is -3.07. The van der Waals surface area contributed by atoms with E-state index in [1.54, 1.807) is 41.3 Å². The molecule has 0 aromatic heterocycles. The number of carbonyl (C=O) groups is 2. The van der Waals surface area contributed by atoms with Gasteiger partial charge in [-0.05, 0) is 73.9 Å². The van der Waals surface area contributed by atoms with Gasteiger partial charge < -0.3 is 4.90 Å². The van der Waals surface area contributed by atoms with E-state index in [-0.39, 0.29) is 39.4 Å². The molecule has 1 saturated heterocycles. The van der Waals surface area contributed by atoms with E-state index in [0.29, 0.717) is 62.3 Å². The summed E-state index contributed by atoms with van der Waals surface area (Å²) in [4.78, 5) is 33.9. The lowest BCUT2D eigenvalue weighted by Crippen LogP contribution is -2.55. The molecule has 2 aromatic rings. The lowest BCUT2D eigenvalue weighted by atomic mass is 9.97. The molecule has 0 atom stereocenters. The van der Waals surface area contributed by atoms with Crippen LogP contribution in [0.1, 0.15) is 44.1 Å². The predicted octanol–water partition coefficient (Wildman–Crippen LogP) is 3.42. The maximum absolute atomic E-state index is 15.5. The Labute approximate surface area is 215 Å². The van der Waals surface area contributed by atoms with Gasteiger partial charge in [0.1, 0.15) is 17.2 Å². The Morgan fingerprint density at radius 2 is 1.76 bits per heavy atom. The quantitative estimate of drug-likeness (QED) is 0.559. The van der Waals surface area contributed by atoms with E-state index < -0.39 is 21.2 Å². The Kier molecular flexibility index (Phi) is 4.97. The van der Waals surface area contributed by atoms with E-state index in [2.05, 4.69) is 0 Å². The first-order chi connectivity index (χ1) is 17.7. The number of rotatable bonds is 7. The molecule has 0 radical (unpaired) electrons. The van der Waals surface area contributed by atoms with Gasteiger partial charge in [-0.25, -0.2) is 12.8 Å². The number of benzene rings is 2. The summed E-state index contributed by atoms with van der Waals surface area (Å²) in [5, 5.41) is -0.310. The van der Waals surface area contributed by atoms with Crippen molar-refractivity contribution in [3.05, 3.63) is 53.8 Å². The van der Waals surface area contributed by atoms with Crippen LogP contribution in [0.15, 0.2) is 52.4 Å². The third kappa shape index (κ3) is 3.90. The number of sulfone groups is 1. The highest BCUT2D eigenvalue weighted by Gasteiger charge is 2.58. The summed E-state index contributed by atoms with van der Waals surface area (Å²) in [6.45, 7) is 1.68. The van der Waals surface area contributed by atoms with Crippen LogP contribution >= 0.6 is 0 Å². The van der Waals surface area contributed by atoms with Crippen LogP contribution in [0.25, 0.3) is 11.1 Å². The molecule has 2 aliphatic heterocycles. The largest absolute Gasteiger partial charge is 0.342 e. The fourth-order valence-corrected chi connectivity index (χ4v) is 7.19. The van der Waals surface area contributed by atoms with Gasteiger partial charge in [0.2, 0.25) is 5.91 Å². The normalized spacial score (nSPS) is 22.8. The van der Waals surface area contributed by atoms with Crippen LogP contribution in [0.2, 0.25) is 0 Å². The monoisotopic (exact) mass is 521 g/mol. The summed E-state index contributed by atoms with van der Waals surface area (Å²) >= 11 is 0. The minimum Gasteiger partial charge on any atom is -0.342 e. The van der Waals surface area contributed by atoms with E-state index in [1.165, 1.54) is 6.07 Å². The molecule has 7 nitrogen and oxygen atoms in total. The molecule has 0 N–H and O–H groups in total. The Bertz CT molecular complexity index is 1470. The SMILES string of the molecule is O=C(C1CC1)N1CC(CN2C(=O)C3(CC3)N=C2c2ccc(-c3cccc(S(=O)(=O)C4CC4)c3)cc2F)C1. The smallest absolute Gasteiger partial charge is 0.256 e. The highest BCUT2D eigenvalue weighted by molar-refractivity contribution is 7.92. The zero-order valence-corrected chi connectivity index (χ0v) is 21.2. The molecular formula is C28H28FN3O4S. The maximum Gasteiger partial charge on any atom is 0.256 e. The summed E-state index contributed by atoms with van der Waals surface area (Å²) in [6, 6.07) is 11.4. The van der Waals surface area contributed by atoms with Crippen molar-refractivity contribution in [3.8, 4) is 11.1 Å². The molecule has 192 valence electrons. The van der Waals surface area contributed by atoms with Crippen LogP contribution in [0, 0.1) is 17.7 Å². The lowest BCUT2D eigenvalue weighted by Gasteiger charge is -2.41. The molecule has 37 heavy (non-hydrogen) atoms. The van der Waals surface area contributed by atoms with Crippen LogP contribution in [0.5, 0.6) is 0 Å². The van der Waals surface area contributed by atoms with E-state index in [0.717, 1.165) is 12.8 Å². The van der Waals surface area contributed by atoms with Gasteiger partial charge in [0, 0.05) is 31.5 Å². The van der Waals surface area contributed by atoms with E-state index in [9.17, 15) is 18.0 Å². The molecule has 3 saturated carbocycles. The average molecular weight is 522 g/mol. The van der Waals surface area contributed by atoms with Gasteiger partial charge in [-0.15, -0.1) is 0 Å². The predicted molar refractivity (Wildman–Crippen MR) is 135 cm³/mol. The molecule has 0 bridgehead atoms. The van der Waals surface area contributed by atoms with Crippen molar-refractivity contribution in [2.45, 2.75) is 54.2 Å². The zero-order chi connectivity index (χ0) is 25.5. The second kappa shape index (κ2) is 7.96. The van der Waals surface area contributed by atoms with Gasteiger partial charge in [0.25, 0.3) is 5.91 Å². The molecule has 2 amide bonds. The first kappa shape index (κ1) is 23.1. The van der Waals surface area contributed by atoms with Gasteiger partial charge in [-0.3, -0.25) is 19.5 Å². The Balaban J connectivity index is 1.13. The van der Waals surface area contributed by atoms with Crippen molar-refractivity contribution < 1.29 is 22.4 Å². The van der Waals surface area contributed by atoms with E-state index in [1.807, 2.05) is 4.90 Å². The minimum absolute atomic E-state index is 0.0732. The highest BCUT2D eigenvalue weighted by Crippen LogP contribution is 2.46. The summed E-state index contributed by atoms with van der Waals surface area (Å²) in [5.41, 5.74) is 0.717. The number of amides is 2. The van der Waals surface area contributed by atoms with Crippen LogP contribution in [0.4, 0.5) is 4.39 Å². The first-order valence-corrected chi connectivity index (χ1v) is 14.6. The van der Waals surface area contributed by atoms with Gasteiger partial charge in [0.05, 0.1) is 15.7 Å². The standard InChI is InChI=1S/C28H28FN3O4S/c29-24-13-20(19-2-1-3-22(12-19)37(35,36)21-7-8-21)6-9-23(24)25-30-28(10-11-28)27(34)32(25)16-17-14-31(15-17)26(33)18-4-5-18/h1-3,6,9,12-13,17-18,21H,4-5,7-8,10-11,14-16H2.